The van der Waals surface area contributed by atoms with Crippen molar-refractivity contribution in [2.24, 2.45) is 0 Å². The first-order valence-corrected chi connectivity index (χ1v) is 5.42. The quantitative estimate of drug-likeness (QED) is 0.524. The summed E-state index contributed by atoms with van der Waals surface area (Å²) in [7, 11) is 0. The summed E-state index contributed by atoms with van der Waals surface area (Å²) in [6, 6.07) is -0.338. The van der Waals surface area contributed by atoms with Crippen molar-refractivity contribution in [2.45, 2.75) is 38.1 Å². The number of hydrogen-bond donors (Lipinski definition) is 3. The van der Waals surface area contributed by atoms with E-state index in [1.54, 1.807) is 0 Å². The van der Waals surface area contributed by atoms with Gasteiger partial charge in [0.15, 0.2) is 0 Å². The van der Waals surface area contributed by atoms with Crippen LogP contribution in [0, 0.1) is 0 Å². The molecule has 3 N–H and O–H groups in total. The fourth-order valence-electron chi connectivity index (χ4n) is 1.56. The lowest BCUT2D eigenvalue weighted by Crippen LogP contribution is -2.41. The molecule has 0 aromatic rings. The van der Waals surface area contributed by atoms with Crippen molar-refractivity contribution in [1.82, 2.24) is 10.6 Å². The second kappa shape index (κ2) is 6.40. The molecule has 1 rings (SSSR count). The maximum absolute atomic E-state index is 11.4. The van der Waals surface area contributed by atoms with Crippen LogP contribution in [0.4, 0.5) is 0 Å². The fraction of sp³-hybridized carbons (Fsp3) is 0.800. The Kier molecular flexibility index (Phi) is 5.10. The average Bonchev–Trinajstić information content (AvgIpc) is 2.64. The van der Waals surface area contributed by atoms with Crippen LogP contribution in [0.5, 0.6) is 0 Å². The van der Waals surface area contributed by atoms with Crippen molar-refractivity contribution in [3.8, 4) is 0 Å². The first kappa shape index (κ1) is 12.0. The number of carbonyl (C=O) groups is 2. The van der Waals surface area contributed by atoms with Crippen LogP contribution >= 0.6 is 0 Å². The molecule has 0 spiro atoms. The van der Waals surface area contributed by atoms with Crippen molar-refractivity contribution < 1.29 is 14.7 Å². The van der Waals surface area contributed by atoms with Gasteiger partial charge in [-0.15, -0.1) is 0 Å². The molecule has 86 valence electrons. The number of aliphatic hydroxyl groups is 1. The molecule has 0 radical (unpaired) electrons. The average molecular weight is 214 g/mol. The van der Waals surface area contributed by atoms with Gasteiger partial charge in [0.1, 0.15) is 6.04 Å². The van der Waals surface area contributed by atoms with Crippen molar-refractivity contribution in [3.05, 3.63) is 0 Å². The number of unbranched alkanes of at least 4 members (excludes halogenated alkanes) is 2. The Morgan fingerprint density at radius 1 is 1.47 bits per heavy atom. The van der Waals surface area contributed by atoms with Crippen molar-refractivity contribution in [2.75, 3.05) is 13.2 Å². The first-order chi connectivity index (χ1) is 7.24. The molecule has 1 unspecified atom stereocenters. The van der Waals surface area contributed by atoms with Crippen LogP contribution in [0.3, 0.4) is 0 Å². The molecule has 1 aliphatic heterocycles. The summed E-state index contributed by atoms with van der Waals surface area (Å²) in [6.45, 7) is 0.817. The van der Waals surface area contributed by atoms with Gasteiger partial charge in [0.25, 0.3) is 0 Å². The topological polar surface area (TPSA) is 78.4 Å². The SMILES string of the molecule is O=C1CCC(C(=O)NCCCCCO)N1. The Morgan fingerprint density at radius 2 is 2.27 bits per heavy atom. The number of carbonyl (C=O) groups excluding carboxylic acids is 2. The van der Waals surface area contributed by atoms with Gasteiger partial charge in [-0.2, -0.15) is 0 Å². The lowest BCUT2D eigenvalue weighted by Gasteiger charge is -2.10. The van der Waals surface area contributed by atoms with Crippen LogP contribution in [0.15, 0.2) is 0 Å². The maximum Gasteiger partial charge on any atom is 0.242 e. The molecule has 1 fully saturated rings. The minimum Gasteiger partial charge on any atom is -0.396 e. The third-order valence-electron chi connectivity index (χ3n) is 2.45. The summed E-state index contributed by atoms with van der Waals surface area (Å²) < 4.78 is 0. The van der Waals surface area contributed by atoms with Gasteiger partial charge in [-0.3, -0.25) is 9.59 Å². The third-order valence-corrected chi connectivity index (χ3v) is 2.45. The Bertz CT molecular complexity index is 231. The molecule has 0 bridgehead atoms. The normalized spacial score (nSPS) is 20.1. The van der Waals surface area contributed by atoms with E-state index in [1.807, 2.05) is 0 Å². The van der Waals surface area contributed by atoms with Gasteiger partial charge in [0.05, 0.1) is 0 Å². The summed E-state index contributed by atoms with van der Waals surface area (Å²) in [5, 5.41) is 13.9. The predicted octanol–water partition coefficient (Wildman–Crippen LogP) is -0.456. The second-order valence-electron chi connectivity index (χ2n) is 3.73. The highest BCUT2D eigenvalue weighted by molar-refractivity contribution is 5.90. The summed E-state index contributed by atoms with van der Waals surface area (Å²) >= 11 is 0. The molecule has 0 saturated carbocycles. The summed E-state index contributed by atoms with van der Waals surface area (Å²) in [6.07, 6.45) is 3.60. The van der Waals surface area contributed by atoms with E-state index in [2.05, 4.69) is 10.6 Å². The van der Waals surface area contributed by atoms with E-state index in [0.29, 0.717) is 19.4 Å². The number of amides is 2. The Balaban J connectivity index is 2.06. The summed E-state index contributed by atoms with van der Waals surface area (Å²) in [4.78, 5) is 22.3. The molecule has 0 aromatic heterocycles. The number of rotatable bonds is 6. The van der Waals surface area contributed by atoms with Crippen LogP contribution in [-0.4, -0.2) is 36.1 Å². The summed E-state index contributed by atoms with van der Waals surface area (Å²) in [5.41, 5.74) is 0. The zero-order chi connectivity index (χ0) is 11.1. The van der Waals surface area contributed by atoms with E-state index in [1.165, 1.54) is 0 Å². The second-order valence-corrected chi connectivity index (χ2v) is 3.73. The van der Waals surface area contributed by atoms with Crippen LogP contribution in [0.25, 0.3) is 0 Å². The lowest BCUT2D eigenvalue weighted by molar-refractivity contribution is -0.125. The molecular weight excluding hydrogens is 196 g/mol. The molecule has 1 saturated heterocycles. The molecule has 0 aromatic carbocycles. The standard InChI is InChI=1S/C10H18N2O3/c13-7-3-1-2-6-11-10(15)8-4-5-9(14)12-8/h8,13H,1-7H2,(H,11,15)(H,12,14). The third kappa shape index (κ3) is 4.29. The van der Waals surface area contributed by atoms with E-state index in [-0.39, 0.29) is 24.5 Å². The number of aliphatic hydroxyl groups excluding tert-OH is 1. The smallest absolute Gasteiger partial charge is 0.242 e. The minimum absolute atomic E-state index is 0.0459. The molecule has 15 heavy (non-hydrogen) atoms. The monoisotopic (exact) mass is 214 g/mol. The number of nitrogens with one attached hydrogen (secondary N) is 2. The van der Waals surface area contributed by atoms with Crippen molar-refractivity contribution in [1.29, 1.82) is 0 Å². The van der Waals surface area contributed by atoms with Gasteiger partial charge >= 0.3 is 0 Å². The highest BCUT2D eigenvalue weighted by Crippen LogP contribution is 2.06. The lowest BCUT2D eigenvalue weighted by atomic mass is 10.2. The molecule has 1 atom stereocenters. The highest BCUT2D eigenvalue weighted by Gasteiger charge is 2.26. The van der Waals surface area contributed by atoms with Gasteiger partial charge in [-0.1, -0.05) is 0 Å². The Morgan fingerprint density at radius 3 is 2.87 bits per heavy atom. The predicted molar refractivity (Wildman–Crippen MR) is 55.1 cm³/mol. The summed E-state index contributed by atoms with van der Waals surface area (Å²) in [5.74, 6) is -0.139. The zero-order valence-corrected chi connectivity index (χ0v) is 8.79. The maximum atomic E-state index is 11.4. The van der Waals surface area contributed by atoms with Crippen LogP contribution in [-0.2, 0) is 9.59 Å². The van der Waals surface area contributed by atoms with E-state index >= 15 is 0 Å². The number of hydrogen-bond acceptors (Lipinski definition) is 3. The highest BCUT2D eigenvalue weighted by atomic mass is 16.3. The van der Waals surface area contributed by atoms with E-state index in [9.17, 15) is 9.59 Å². The van der Waals surface area contributed by atoms with E-state index < -0.39 is 0 Å². The molecular formula is C10H18N2O3. The van der Waals surface area contributed by atoms with Crippen molar-refractivity contribution >= 4 is 11.8 Å². The van der Waals surface area contributed by atoms with Gasteiger partial charge in [0, 0.05) is 19.6 Å². The van der Waals surface area contributed by atoms with E-state index in [4.69, 9.17) is 5.11 Å². The van der Waals surface area contributed by atoms with Gasteiger partial charge in [0.2, 0.25) is 11.8 Å². The largest absolute Gasteiger partial charge is 0.396 e. The molecule has 5 heteroatoms. The van der Waals surface area contributed by atoms with Gasteiger partial charge < -0.3 is 15.7 Å². The first-order valence-electron chi connectivity index (χ1n) is 5.42. The molecule has 1 aliphatic rings. The fourth-order valence-corrected chi connectivity index (χ4v) is 1.56. The molecule has 0 aliphatic carbocycles. The van der Waals surface area contributed by atoms with Crippen LogP contribution in [0.1, 0.15) is 32.1 Å². The molecule has 1 heterocycles. The van der Waals surface area contributed by atoms with Gasteiger partial charge in [-0.05, 0) is 25.7 Å². The van der Waals surface area contributed by atoms with Crippen LogP contribution < -0.4 is 10.6 Å². The molecule has 2 amide bonds. The van der Waals surface area contributed by atoms with Gasteiger partial charge in [-0.25, -0.2) is 0 Å². The van der Waals surface area contributed by atoms with Crippen molar-refractivity contribution in [3.63, 3.8) is 0 Å². The van der Waals surface area contributed by atoms with E-state index in [0.717, 1.165) is 19.3 Å². The molecule has 5 nitrogen and oxygen atoms in total. The minimum atomic E-state index is -0.338. The Labute approximate surface area is 89.2 Å². The zero-order valence-electron chi connectivity index (χ0n) is 8.79. The Hall–Kier alpha value is -1.10. The van der Waals surface area contributed by atoms with Crippen LogP contribution in [0.2, 0.25) is 0 Å².